The topological polar surface area (TPSA) is 89.2 Å². The zero-order valence-corrected chi connectivity index (χ0v) is 18.6. The minimum atomic E-state index is -0.915. The van der Waals surface area contributed by atoms with Gasteiger partial charge in [0.2, 0.25) is 5.91 Å². The zero-order valence-electron chi connectivity index (χ0n) is 17.8. The number of hydrogen-bond donors (Lipinski definition) is 1. The lowest BCUT2D eigenvalue weighted by Gasteiger charge is -2.39. The van der Waals surface area contributed by atoms with Crippen molar-refractivity contribution in [1.29, 1.82) is 10.5 Å². The normalized spacial score (nSPS) is 21.8. The number of carbonyl (C=O) groups is 1. The van der Waals surface area contributed by atoms with Crippen molar-refractivity contribution in [3.05, 3.63) is 70.2 Å². The van der Waals surface area contributed by atoms with Crippen LogP contribution in [0.15, 0.2) is 48.5 Å². The van der Waals surface area contributed by atoms with E-state index in [1.54, 1.807) is 12.1 Å². The minimum absolute atomic E-state index is 0.0744. The molecule has 1 N–H and O–H groups in total. The molecule has 0 unspecified atom stereocenters. The number of benzene rings is 2. The van der Waals surface area contributed by atoms with Crippen LogP contribution in [0, 0.1) is 28.1 Å². The molecule has 2 fully saturated rings. The van der Waals surface area contributed by atoms with Gasteiger partial charge in [0.05, 0.1) is 36.3 Å². The van der Waals surface area contributed by atoms with E-state index in [0.717, 1.165) is 37.1 Å². The van der Waals surface area contributed by atoms with E-state index < -0.39 is 11.0 Å². The molecule has 4 rings (SSSR count). The first-order chi connectivity index (χ1) is 15.5. The first-order valence-electron chi connectivity index (χ1n) is 10.7. The van der Waals surface area contributed by atoms with Gasteiger partial charge in [0.15, 0.2) is 5.54 Å². The van der Waals surface area contributed by atoms with E-state index in [2.05, 4.69) is 22.4 Å². The lowest BCUT2D eigenvalue weighted by Crippen LogP contribution is -2.64. The molecule has 2 aromatic carbocycles. The standard InChI is InChI=1S/C25H25ClN4O2/c26-22-7-5-21(6-8-22)14-30-12-11-24(16-30,23(31)29-25(15-28)17-32-18-25)10-9-19-1-3-20(13-27)4-2-19/h1-8H,9-12,14,16-18H2,(H,29,31)/t24-/m1/s1. The highest BCUT2D eigenvalue weighted by Crippen LogP contribution is 2.37. The van der Waals surface area contributed by atoms with Crippen molar-refractivity contribution >= 4 is 17.5 Å². The number of likely N-dealkylation sites (tertiary alicyclic amines) is 1. The van der Waals surface area contributed by atoms with Gasteiger partial charge in [0.1, 0.15) is 0 Å². The van der Waals surface area contributed by atoms with Crippen LogP contribution in [0.2, 0.25) is 5.02 Å². The number of amides is 1. The highest BCUT2D eigenvalue weighted by atomic mass is 35.5. The predicted octanol–water partition coefficient (Wildman–Crippen LogP) is 3.45. The van der Waals surface area contributed by atoms with Gasteiger partial charge in [-0.2, -0.15) is 10.5 Å². The summed E-state index contributed by atoms with van der Waals surface area (Å²) in [6, 6.07) is 19.6. The summed E-state index contributed by atoms with van der Waals surface area (Å²) in [4.78, 5) is 15.8. The Morgan fingerprint density at radius 2 is 1.78 bits per heavy atom. The maximum Gasteiger partial charge on any atom is 0.228 e. The van der Waals surface area contributed by atoms with E-state index in [1.165, 1.54) is 0 Å². The lowest BCUT2D eigenvalue weighted by molar-refractivity contribution is -0.138. The molecule has 2 aromatic rings. The molecule has 0 saturated carbocycles. The monoisotopic (exact) mass is 448 g/mol. The van der Waals surface area contributed by atoms with Crippen LogP contribution in [0.1, 0.15) is 29.5 Å². The van der Waals surface area contributed by atoms with Crippen molar-refractivity contribution in [2.75, 3.05) is 26.3 Å². The number of nitrogens with one attached hydrogen (secondary N) is 1. The minimum Gasteiger partial charge on any atom is -0.374 e. The third kappa shape index (κ3) is 4.79. The van der Waals surface area contributed by atoms with Crippen molar-refractivity contribution in [2.24, 2.45) is 5.41 Å². The molecule has 1 amide bonds. The number of nitriles is 2. The van der Waals surface area contributed by atoms with Gasteiger partial charge >= 0.3 is 0 Å². The second kappa shape index (κ2) is 9.30. The second-order valence-electron chi connectivity index (χ2n) is 8.82. The third-order valence-electron chi connectivity index (χ3n) is 6.47. The fourth-order valence-electron chi connectivity index (χ4n) is 4.39. The van der Waals surface area contributed by atoms with Crippen LogP contribution >= 0.6 is 11.6 Å². The first kappa shape index (κ1) is 22.3. The van der Waals surface area contributed by atoms with Crippen molar-refractivity contribution in [1.82, 2.24) is 10.2 Å². The highest BCUT2D eigenvalue weighted by molar-refractivity contribution is 6.30. The number of hydrogen-bond acceptors (Lipinski definition) is 5. The molecule has 6 nitrogen and oxygen atoms in total. The predicted molar refractivity (Wildman–Crippen MR) is 121 cm³/mol. The third-order valence-corrected chi connectivity index (χ3v) is 6.72. The van der Waals surface area contributed by atoms with E-state index in [-0.39, 0.29) is 19.1 Å². The van der Waals surface area contributed by atoms with Crippen molar-refractivity contribution in [2.45, 2.75) is 31.3 Å². The molecular weight excluding hydrogens is 424 g/mol. The molecule has 2 saturated heterocycles. The number of aryl methyl sites for hydroxylation is 1. The van der Waals surface area contributed by atoms with Gasteiger partial charge in [-0.1, -0.05) is 35.9 Å². The van der Waals surface area contributed by atoms with E-state index in [9.17, 15) is 10.1 Å². The zero-order chi connectivity index (χ0) is 22.6. The molecule has 1 atom stereocenters. The van der Waals surface area contributed by atoms with Crippen molar-refractivity contribution < 1.29 is 9.53 Å². The Kier molecular flexibility index (Phi) is 6.48. The maximum atomic E-state index is 13.5. The van der Waals surface area contributed by atoms with Crippen LogP contribution in [-0.2, 0) is 22.5 Å². The van der Waals surface area contributed by atoms with Gasteiger partial charge in [-0.05, 0) is 61.2 Å². The Balaban J connectivity index is 1.49. The molecule has 0 radical (unpaired) electrons. The smallest absolute Gasteiger partial charge is 0.228 e. The van der Waals surface area contributed by atoms with Gasteiger partial charge in [-0.25, -0.2) is 0 Å². The van der Waals surface area contributed by atoms with E-state index in [1.807, 2.05) is 36.4 Å². The summed E-state index contributed by atoms with van der Waals surface area (Å²) >= 11 is 6.01. The fourth-order valence-corrected chi connectivity index (χ4v) is 4.52. The molecule has 0 bridgehead atoms. The summed E-state index contributed by atoms with van der Waals surface area (Å²) in [6.07, 6.45) is 2.12. The van der Waals surface area contributed by atoms with Gasteiger partial charge < -0.3 is 10.1 Å². The Hall–Kier alpha value is -2.90. The Bertz CT molecular complexity index is 1050. The molecule has 2 aliphatic heterocycles. The summed E-state index contributed by atoms with van der Waals surface area (Å²) in [5.41, 5.74) is 1.37. The Morgan fingerprint density at radius 1 is 1.09 bits per heavy atom. The molecule has 32 heavy (non-hydrogen) atoms. The number of carbonyl (C=O) groups excluding carboxylic acids is 1. The summed E-state index contributed by atoms with van der Waals surface area (Å²) in [5, 5.41) is 22.3. The SMILES string of the molecule is N#Cc1ccc(CC[C@@]2(C(=O)NC3(C#N)COC3)CCN(Cc3ccc(Cl)cc3)C2)cc1. The van der Waals surface area contributed by atoms with Crippen LogP contribution in [0.3, 0.4) is 0 Å². The summed E-state index contributed by atoms with van der Waals surface area (Å²) in [6.45, 7) is 2.64. The number of halogens is 1. The summed E-state index contributed by atoms with van der Waals surface area (Å²) in [5.74, 6) is -0.0744. The quantitative estimate of drug-likeness (QED) is 0.700. The van der Waals surface area contributed by atoms with Crippen LogP contribution < -0.4 is 5.32 Å². The van der Waals surface area contributed by atoms with Crippen LogP contribution in [0.4, 0.5) is 0 Å². The van der Waals surface area contributed by atoms with Crippen LogP contribution in [0.5, 0.6) is 0 Å². The molecule has 0 aliphatic carbocycles. The molecule has 2 aliphatic rings. The molecule has 0 aromatic heterocycles. The van der Waals surface area contributed by atoms with E-state index in [0.29, 0.717) is 23.6 Å². The maximum absolute atomic E-state index is 13.5. The van der Waals surface area contributed by atoms with E-state index in [4.69, 9.17) is 21.6 Å². The van der Waals surface area contributed by atoms with Gasteiger partial charge in [-0.15, -0.1) is 0 Å². The largest absolute Gasteiger partial charge is 0.374 e. The average molecular weight is 449 g/mol. The number of ether oxygens (including phenoxy) is 1. The lowest BCUT2D eigenvalue weighted by atomic mass is 9.79. The van der Waals surface area contributed by atoms with E-state index >= 15 is 0 Å². The highest BCUT2D eigenvalue weighted by Gasteiger charge is 2.49. The Morgan fingerprint density at radius 3 is 2.38 bits per heavy atom. The first-order valence-corrected chi connectivity index (χ1v) is 11.1. The second-order valence-corrected chi connectivity index (χ2v) is 9.25. The molecule has 164 valence electrons. The average Bonchev–Trinajstić information content (AvgIpc) is 3.21. The fraction of sp³-hybridized carbons (Fsp3) is 0.400. The Labute approximate surface area is 193 Å². The van der Waals surface area contributed by atoms with Crippen molar-refractivity contribution in [3.63, 3.8) is 0 Å². The van der Waals surface area contributed by atoms with Crippen LogP contribution in [0.25, 0.3) is 0 Å². The number of nitrogens with zero attached hydrogens (tertiary/aromatic N) is 3. The molecular formula is C25H25ClN4O2. The molecule has 2 heterocycles. The molecule has 0 spiro atoms. The van der Waals surface area contributed by atoms with Gasteiger partial charge in [0, 0.05) is 18.1 Å². The summed E-state index contributed by atoms with van der Waals surface area (Å²) < 4.78 is 5.20. The van der Waals surface area contributed by atoms with Crippen LogP contribution in [-0.4, -0.2) is 42.6 Å². The summed E-state index contributed by atoms with van der Waals surface area (Å²) in [7, 11) is 0. The number of rotatable bonds is 7. The van der Waals surface area contributed by atoms with Crippen molar-refractivity contribution in [3.8, 4) is 12.1 Å². The van der Waals surface area contributed by atoms with Gasteiger partial charge in [0.25, 0.3) is 0 Å². The molecule has 7 heteroatoms. The van der Waals surface area contributed by atoms with Gasteiger partial charge in [-0.3, -0.25) is 9.69 Å².